The molecule has 3 aromatic heterocycles. The lowest BCUT2D eigenvalue weighted by molar-refractivity contribution is 0.224. The summed E-state index contributed by atoms with van der Waals surface area (Å²) in [6.07, 6.45) is 6.70. The van der Waals surface area contributed by atoms with Crippen molar-refractivity contribution in [2.45, 2.75) is 86.8 Å². The normalized spacial score (nSPS) is 17.2. The Bertz CT molecular complexity index is 3990. The molecule has 1 aliphatic carbocycles. The molecule has 68 heavy (non-hydrogen) atoms. The highest BCUT2D eigenvalue weighted by Gasteiger charge is 2.28. The predicted octanol–water partition coefficient (Wildman–Crippen LogP) is 18.2. The van der Waals surface area contributed by atoms with Gasteiger partial charge in [-0.1, -0.05) is 105 Å². The van der Waals surface area contributed by atoms with Crippen molar-refractivity contribution < 1.29 is 22.9 Å². The van der Waals surface area contributed by atoms with Crippen molar-refractivity contribution >= 4 is 32.7 Å². The molecule has 1 fully saturated rings. The third-order valence-electron chi connectivity index (χ3n) is 14.1. The van der Waals surface area contributed by atoms with Gasteiger partial charge < -0.3 is 9.15 Å². The highest BCUT2D eigenvalue weighted by Crippen LogP contribution is 2.46. The topological polar surface area (TPSA) is 48.2 Å². The molecule has 1 saturated carbocycles. The van der Waals surface area contributed by atoms with Gasteiger partial charge in [0.15, 0.2) is 0 Å². The number of rotatable bonds is 8. The van der Waals surface area contributed by atoms with Crippen LogP contribution in [-0.2, 0) is 0 Å². The quantitative estimate of drug-likeness (QED) is 0.152. The van der Waals surface area contributed by atoms with Crippen LogP contribution in [0.5, 0.6) is 11.5 Å². The summed E-state index contributed by atoms with van der Waals surface area (Å²) in [5, 5.41) is 3.50. The second-order valence-electron chi connectivity index (χ2n) is 19.3. The van der Waals surface area contributed by atoms with Crippen LogP contribution in [0.1, 0.15) is 98.1 Å². The summed E-state index contributed by atoms with van der Waals surface area (Å²) < 4.78 is 99.2. The van der Waals surface area contributed by atoms with Crippen LogP contribution in [-0.4, -0.2) is 9.97 Å². The Kier molecular flexibility index (Phi) is 8.35. The smallest absolute Gasteiger partial charge is 0.145 e. The van der Waals surface area contributed by atoms with Crippen molar-refractivity contribution in [3.63, 3.8) is 0 Å². The first-order valence-corrected chi connectivity index (χ1v) is 23.4. The zero-order valence-electron chi connectivity index (χ0n) is 49.0. The lowest BCUT2D eigenvalue weighted by Gasteiger charge is -2.34. The van der Waals surface area contributed by atoms with Gasteiger partial charge in [0, 0.05) is 48.0 Å². The van der Waals surface area contributed by atoms with Crippen LogP contribution < -0.4 is 4.74 Å². The van der Waals surface area contributed by atoms with Gasteiger partial charge in [-0.15, -0.1) is 0 Å². The number of aryl methyl sites for hydroxylation is 5. The number of ether oxygens (including phenoxy) is 1. The molecule has 0 spiro atoms. The predicted molar refractivity (Wildman–Crippen MR) is 284 cm³/mol. The van der Waals surface area contributed by atoms with Gasteiger partial charge in [0.05, 0.1) is 11.4 Å². The second-order valence-corrected chi connectivity index (χ2v) is 19.3. The van der Waals surface area contributed by atoms with E-state index in [1.54, 1.807) is 36.4 Å². The van der Waals surface area contributed by atoms with Crippen molar-refractivity contribution in [2.24, 2.45) is 5.41 Å². The standard InChI is InChI=1S/C64H58N2O2/c1-38-28-59(65-36-41(38)4)50-30-55(45-14-10-9-11-15-45)43(6)61(32-50)67-51-33-57-56-29-46-16-12-13-17-47(46)31-62(56)68-63(57)58(34-51)60-35-54(42(5)37-66-60)53-21-19-49(27-40(53)3)52-20-18-48(26-39(52)2)44-22-24-64(7,8)25-23-44/h9-21,26-37,44H,22-25H2,1-8H3/i1D3,4D3,6D3,44D. The number of hydrogen-bond acceptors (Lipinski definition) is 4. The molecule has 10 aromatic rings. The Morgan fingerprint density at radius 3 is 2.06 bits per heavy atom. The molecule has 0 atom stereocenters. The SMILES string of the molecule is [2H]C([2H])([2H])c1cnc(-c2cc(Oc3cc(-c4cc(-c5ccc(-c6ccc(C7([2H])CCC(C)(C)CC7)cc6C)cc5C)c(C)cn4)c4oc5cc6ccccc6cc5c4c3)c(C([2H])([2H])[2H])c(-c3ccccc3)c2)cc1C([2H])([2H])[2H]. The summed E-state index contributed by atoms with van der Waals surface area (Å²) in [6.45, 7) is 2.61. The van der Waals surface area contributed by atoms with Crippen LogP contribution >= 0.6 is 0 Å². The van der Waals surface area contributed by atoms with E-state index in [9.17, 15) is 1.37 Å². The van der Waals surface area contributed by atoms with Gasteiger partial charge >= 0.3 is 0 Å². The zero-order valence-corrected chi connectivity index (χ0v) is 39.0. The fourth-order valence-corrected chi connectivity index (χ4v) is 10.0. The van der Waals surface area contributed by atoms with Gasteiger partial charge in [0.2, 0.25) is 0 Å². The van der Waals surface area contributed by atoms with Crippen molar-refractivity contribution in [2.75, 3.05) is 0 Å². The minimum Gasteiger partial charge on any atom is -0.457 e. The Hall–Kier alpha value is -7.30. The fraction of sp³-hybridized carbons (Fsp3) is 0.219. The van der Waals surface area contributed by atoms with E-state index in [0.717, 1.165) is 92.5 Å². The van der Waals surface area contributed by atoms with E-state index in [4.69, 9.17) is 26.5 Å². The van der Waals surface area contributed by atoms with Gasteiger partial charge in [0.25, 0.3) is 0 Å². The zero-order chi connectivity index (χ0) is 55.3. The number of hydrogen-bond donors (Lipinski definition) is 0. The van der Waals surface area contributed by atoms with E-state index < -0.39 is 32.0 Å². The average Bonchev–Trinajstić information content (AvgIpc) is 3.87. The van der Waals surface area contributed by atoms with E-state index in [2.05, 4.69) is 81.2 Å². The summed E-state index contributed by atoms with van der Waals surface area (Å²) in [4.78, 5) is 9.50. The number of benzene rings is 7. The minimum atomic E-state index is -2.80. The summed E-state index contributed by atoms with van der Waals surface area (Å²) in [5.41, 5.74) is 11.5. The number of pyridine rings is 2. The summed E-state index contributed by atoms with van der Waals surface area (Å²) in [5.74, 6) is -0.340. The van der Waals surface area contributed by atoms with Gasteiger partial charge in [-0.05, 0) is 210 Å². The molecule has 0 amide bonds. The Balaban J connectivity index is 1.06. The maximum atomic E-state index is 9.41. The van der Waals surface area contributed by atoms with Crippen molar-refractivity contribution in [1.82, 2.24) is 9.97 Å². The van der Waals surface area contributed by atoms with Crippen LogP contribution in [0.4, 0.5) is 0 Å². The van der Waals surface area contributed by atoms with Crippen LogP contribution in [0.25, 0.3) is 88.6 Å². The first kappa shape index (κ1) is 33.2. The number of fused-ring (bicyclic) bond motifs is 4. The highest BCUT2D eigenvalue weighted by molar-refractivity contribution is 6.13. The summed E-state index contributed by atoms with van der Waals surface area (Å²) >= 11 is 0. The van der Waals surface area contributed by atoms with E-state index >= 15 is 0 Å². The molecule has 0 saturated heterocycles. The summed E-state index contributed by atoms with van der Waals surface area (Å²) in [6, 6.07) is 44.2. The molecular weight excluding hydrogens is 829 g/mol. The van der Waals surface area contributed by atoms with Gasteiger partial charge in [-0.2, -0.15) is 0 Å². The van der Waals surface area contributed by atoms with Gasteiger partial charge in [0.1, 0.15) is 22.7 Å². The molecule has 3 heterocycles. The van der Waals surface area contributed by atoms with Crippen molar-refractivity contribution in [3.8, 4) is 67.4 Å². The lowest BCUT2D eigenvalue weighted by Crippen LogP contribution is -2.20. The largest absolute Gasteiger partial charge is 0.457 e. The molecule has 0 bridgehead atoms. The third-order valence-corrected chi connectivity index (χ3v) is 14.1. The number of nitrogens with zero attached hydrogens (tertiary/aromatic N) is 2. The van der Waals surface area contributed by atoms with E-state index in [-0.39, 0.29) is 33.7 Å². The molecule has 336 valence electrons. The fourth-order valence-electron chi connectivity index (χ4n) is 10.0. The first-order valence-electron chi connectivity index (χ1n) is 28.4. The minimum absolute atomic E-state index is 0.0394. The highest BCUT2D eigenvalue weighted by atomic mass is 16.5. The Morgan fingerprint density at radius 1 is 0.559 bits per heavy atom. The molecule has 0 aliphatic heterocycles. The maximum absolute atomic E-state index is 9.41. The first-order chi connectivity index (χ1) is 36.8. The Labute approximate surface area is 414 Å². The molecule has 4 heteroatoms. The van der Waals surface area contributed by atoms with Crippen molar-refractivity contribution in [3.05, 3.63) is 191 Å². The van der Waals surface area contributed by atoms with E-state index in [1.165, 1.54) is 12.1 Å². The molecule has 0 radical (unpaired) electrons. The molecule has 0 N–H and O–H groups in total. The summed E-state index contributed by atoms with van der Waals surface area (Å²) in [7, 11) is 0. The molecule has 4 nitrogen and oxygen atoms in total. The van der Waals surface area contributed by atoms with Crippen LogP contribution in [0.3, 0.4) is 0 Å². The van der Waals surface area contributed by atoms with E-state index in [0.29, 0.717) is 44.5 Å². The second kappa shape index (κ2) is 17.1. The molecule has 1 aliphatic rings. The van der Waals surface area contributed by atoms with Crippen LogP contribution in [0.15, 0.2) is 156 Å². The van der Waals surface area contributed by atoms with Crippen LogP contribution in [0, 0.1) is 46.7 Å². The molecule has 0 unspecified atom stereocenters. The molecule has 11 rings (SSSR count). The molecule has 7 aromatic carbocycles. The van der Waals surface area contributed by atoms with Crippen molar-refractivity contribution in [1.29, 1.82) is 0 Å². The van der Waals surface area contributed by atoms with E-state index in [1.807, 2.05) is 55.6 Å². The maximum Gasteiger partial charge on any atom is 0.145 e. The lowest BCUT2D eigenvalue weighted by atomic mass is 9.71. The average molecular weight is 897 g/mol. The monoisotopic (exact) mass is 897 g/mol. The van der Waals surface area contributed by atoms with Crippen LogP contribution in [0.2, 0.25) is 0 Å². The van der Waals surface area contributed by atoms with Gasteiger partial charge in [-0.25, -0.2) is 0 Å². The molecular formula is C64H58N2O2. The van der Waals surface area contributed by atoms with Gasteiger partial charge in [-0.3, -0.25) is 9.97 Å². The number of furan rings is 1. The number of aromatic nitrogens is 2. The Morgan fingerprint density at radius 2 is 1.29 bits per heavy atom. The third kappa shape index (κ3) is 8.06.